The molecule has 4 nitrogen and oxygen atoms in total. The van der Waals surface area contributed by atoms with Crippen molar-refractivity contribution in [3.8, 4) is 0 Å². The molecular formula is C14H14BrNO3S. The Morgan fingerprint density at radius 1 is 1.45 bits per heavy atom. The molecule has 6 heteroatoms. The normalized spacial score (nSPS) is 28.6. The number of benzene rings is 1. The van der Waals surface area contributed by atoms with Crippen LogP contribution >= 0.6 is 27.7 Å². The van der Waals surface area contributed by atoms with Gasteiger partial charge < -0.3 is 9.64 Å². The lowest BCUT2D eigenvalue weighted by molar-refractivity contribution is -0.151. The van der Waals surface area contributed by atoms with Crippen molar-refractivity contribution in [3.05, 3.63) is 34.3 Å². The number of nitrogens with zero attached hydrogens (tertiary/aromatic N) is 1. The highest BCUT2D eigenvalue weighted by molar-refractivity contribution is 9.10. The van der Waals surface area contributed by atoms with Gasteiger partial charge in [0.05, 0.1) is 7.11 Å². The molecule has 2 aliphatic heterocycles. The first kappa shape index (κ1) is 13.9. The van der Waals surface area contributed by atoms with Gasteiger partial charge in [0.1, 0.15) is 10.9 Å². The van der Waals surface area contributed by atoms with Crippen LogP contribution in [0.4, 0.5) is 0 Å². The number of amides is 1. The molecule has 2 saturated heterocycles. The van der Waals surface area contributed by atoms with Crippen LogP contribution in [0.15, 0.2) is 28.7 Å². The van der Waals surface area contributed by atoms with E-state index < -0.39 is 10.9 Å². The Hall–Kier alpha value is -1.01. The highest BCUT2D eigenvalue weighted by Gasteiger charge is 2.57. The summed E-state index contributed by atoms with van der Waals surface area (Å²) in [7, 11) is 1.37. The molecule has 3 rings (SSSR count). The topological polar surface area (TPSA) is 46.6 Å². The van der Waals surface area contributed by atoms with E-state index in [1.54, 1.807) is 16.7 Å². The van der Waals surface area contributed by atoms with E-state index >= 15 is 0 Å². The summed E-state index contributed by atoms with van der Waals surface area (Å²) in [6.07, 6.45) is 1.22. The predicted octanol–water partition coefficient (Wildman–Crippen LogP) is 2.51. The maximum atomic E-state index is 12.2. The fraction of sp³-hybridized carbons (Fsp3) is 0.429. The summed E-state index contributed by atoms with van der Waals surface area (Å²) in [5, 5.41) is 0. The molecule has 1 aromatic rings. The van der Waals surface area contributed by atoms with Crippen molar-refractivity contribution in [2.45, 2.75) is 23.8 Å². The van der Waals surface area contributed by atoms with Crippen molar-refractivity contribution in [2.24, 2.45) is 0 Å². The number of methoxy groups -OCH3 is 1. The first-order chi connectivity index (χ1) is 9.58. The fourth-order valence-electron chi connectivity index (χ4n) is 2.96. The molecule has 20 heavy (non-hydrogen) atoms. The average Bonchev–Trinajstić information content (AvgIpc) is 2.99. The van der Waals surface area contributed by atoms with Crippen LogP contribution < -0.4 is 0 Å². The molecule has 0 aliphatic carbocycles. The lowest BCUT2D eigenvalue weighted by Gasteiger charge is -2.33. The molecule has 2 aliphatic rings. The van der Waals surface area contributed by atoms with Crippen molar-refractivity contribution in [1.82, 2.24) is 4.90 Å². The minimum absolute atomic E-state index is 0.0355. The van der Waals surface area contributed by atoms with Crippen molar-refractivity contribution < 1.29 is 14.3 Å². The van der Waals surface area contributed by atoms with Gasteiger partial charge >= 0.3 is 5.97 Å². The smallest absolute Gasteiger partial charge is 0.329 e. The lowest BCUT2D eigenvalue weighted by atomic mass is 10.0. The summed E-state index contributed by atoms with van der Waals surface area (Å²) in [4.78, 5) is 25.4. The summed E-state index contributed by atoms with van der Waals surface area (Å²) in [5.41, 5.74) is 1.07. The van der Waals surface area contributed by atoms with Crippen molar-refractivity contribution in [3.63, 3.8) is 0 Å². The van der Waals surface area contributed by atoms with E-state index in [0.717, 1.165) is 16.5 Å². The molecular weight excluding hydrogens is 342 g/mol. The minimum atomic E-state index is -0.469. The van der Waals surface area contributed by atoms with Crippen molar-refractivity contribution in [1.29, 1.82) is 0 Å². The summed E-state index contributed by atoms with van der Waals surface area (Å²) < 4.78 is 5.84. The Bertz CT molecular complexity index is 562. The number of hydrogen-bond donors (Lipinski definition) is 0. The van der Waals surface area contributed by atoms with Crippen LogP contribution in [0.25, 0.3) is 0 Å². The zero-order valence-electron chi connectivity index (χ0n) is 11.0. The minimum Gasteiger partial charge on any atom is -0.467 e. The molecule has 0 saturated carbocycles. The van der Waals surface area contributed by atoms with Gasteiger partial charge in [-0.1, -0.05) is 28.1 Å². The van der Waals surface area contributed by atoms with Crippen LogP contribution in [-0.2, 0) is 19.2 Å². The summed E-state index contributed by atoms with van der Waals surface area (Å²) in [6, 6.07) is 7.50. The van der Waals surface area contributed by atoms with Gasteiger partial charge in [0.2, 0.25) is 5.91 Å². The number of fused-ring (bicyclic) bond motifs is 1. The first-order valence-electron chi connectivity index (χ1n) is 6.38. The number of thioether (sulfide) groups is 1. The third-order valence-corrected chi connectivity index (χ3v) is 6.02. The zero-order valence-corrected chi connectivity index (χ0v) is 13.4. The van der Waals surface area contributed by atoms with Gasteiger partial charge in [-0.2, -0.15) is 0 Å². The quantitative estimate of drug-likeness (QED) is 0.764. The van der Waals surface area contributed by atoms with Gasteiger partial charge in [-0.05, 0) is 24.1 Å². The molecule has 2 heterocycles. The highest BCUT2D eigenvalue weighted by atomic mass is 79.9. The Kier molecular flexibility index (Phi) is 3.54. The SMILES string of the molecule is COC(=O)[C@H]1CS[C@@]2(c3ccc(Br)cc3)CCC(=O)N12. The first-order valence-corrected chi connectivity index (χ1v) is 8.16. The summed E-state index contributed by atoms with van der Waals surface area (Å²) >= 11 is 5.08. The molecule has 1 aromatic carbocycles. The Morgan fingerprint density at radius 3 is 2.80 bits per heavy atom. The number of carbonyl (C=O) groups is 2. The number of esters is 1. The Morgan fingerprint density at radius 2 is 2.15 bits per heavy atom. The standard InChI is InChI=1S/C14H14BrNO3S/c1-19-13(18)11-8-20-14(7-6-12(17)16(11)14)9-2-4-10(15)5-3-9/h2-5,11H,6-8H2,1H3/t11-,14-/m1/s1. The van der Waals surface area contributed by atoms with Crippen LogP contribution in [0.3, 0.4) is 0 Å². The number of halogens is 1. The van der Waals surface area contributed by atoms with Crippen LogP contribution in [0.1, 0.15) is 18.4 Å². The van der Waals surface area contributed by atoms with Crippen molar-refractivity contribution in [2.75, 3.05) is 12.9 Å². The van der Waals surface area contributed by atoms with Gasteiger partial charge in [-0.15, -0.1) is 11.8 Å². The van der Waals surface area contributed by atoms with E-state index in [1.165, 1.54) is 7.11 Å². The number of hydrogen-bond acceptors (Lipinski definition) is 4. The van der Waals surface area contributed by atoms with Crippen LogP contribution in [0, 0.1) is 0 Å². The van der Waals surface area contributed by atoms with Gasteiger partial charge in [0, 0.05) is 16.6 Å². The second-order valence-electron chi connectivity index (χ2n) is 4.90. The summed E-state index contributed by atoms with van der Waals surface area (Å²) in [6.45, 7) is 0. The fourth-order valence-corrected chi connectivity index (χ4v) is 4.86. The average molecular weight is 356 g/mol. The Labute approximate surface area is 130 Å². The Balaban J connectivity index is 2.02. The molecule has 0 unspecified atom stereocenters. The van der Waals surface area contributed by atoms with E-state index in [1.807, 2.05) is 24.3 Å². The van der Waals surface area contributed by atoms with Gasteiger partial charge in [-0.25, -0.2) is 4.79 Å². The third-order valence-electron chi connectivity index (χ3n) is 3.90. The number of carbonyl (C=O) groups excluding carboxylic acids is 2. The molecule has 0 bridgehead atoms. The van der Waals surface area contributed by atoms with E-state index in [-0.39, 0.29) is 11.9 Å². The van der Waals surface area contributed by atoms with Crippen LogP contribution in [0.2, 0.25) is 0 Å². The second-order valence-corrected chi connectivity index (χ2v) is 7.12. The summed E-state index contributed by atoms with van der Waals surface area (Å²) in [5.74, 6) is 0.300. The maximum Gasteiger partial charge on any atom is 0.329 e. The molecule has 0 spiro atoms. The predicted molar refractivity (Wildman–Crippen MR) is 80.2 cm³/mol. The van der Waals surface area contributed by atoms with Crippen LogP contribution in [-0.4, -0.2) is 35.7 Å². The van der Waals surface area contributed by atoms with Gasteiger partial charge in [-0.3, -0.25) is 4.79 Å². The zero-order chi connectivity index (χ0) is 14.3. The van der Waals surface area contributed by atoms with Crippen molar-refractivity contribution >= 4 is 39.6 Å². The number of rotatable bonds is 2. The van der Waals surface area contributed by atoms with E-state index in [0.29, 0.717) is 12.2 Å². The van der Waals surface area contributed by atoms with E-state index in [9.17, 15) is 9.59 Å². The number of ether oxygens (including phenoxy) is 1. The lowest BCUT2D eigenvalue weighted by Crippen LogP contribution is -2.46. The van der Waals surface area contributed by atoms with Gasteiger partial charge in [0.25, 0.3) is 0 Å². The van der Waals surface area contributed by atoms with E-state index in [2.05, 4.69) is 15.9 Å². The molecule has 0 N–H and O–H groups in total. The molecule has 1 amide bonds. The second kappa shape index (κ2) is 5.07. The molecule has 0 radical (unpaired) electrons. The largest absolute Gasteiger partial charge is 0.467 e. The van der Waals surface area contributed by atoms with E-state index in [4.69, 9.17) is 4.74 Å². The van der Waals surface area contributed by atoms with Gasteiger partial charge in [0.15, 0.2) is 0 Å². The molecule has 2 atom stereocenters. The maximum absolute atomic E-state index is 12.2. The third kappa shape index (κ3) is 1.97. The van der Waals surface area contributed by atoms with Crippen LogP contribution in [0.5, 0.6) is 0 Å². The highest BCUT2D eigenvalue weighted by Crippen LogP contribution is 2.54. The molecule has 2 fully saturated rings. The monoisotopic (exact) mass is 355 g/mol. The molecule has 0 aromatic heterocycles. The molecule has 106 valence electrons.